The zero-order valence-electron chi connectivity index (χ0n) is 43.6. The van der Waals surface area contributed by atoms with Crippen LogP contribution in [0.4, 0.5) is 11.4 Å². The lowest BCUT2D eigenvalue weighted by molar-refractivity contribution is 0.483. The van der Waals surface area contributed by atoms with E-state index in [1.165, 1.54) is 61.1 Å². The Kier molecular flexibility index (Phi) is 12.4. The molecule has 0 radical (unpaired) electrons. The highest BCUT2D eigenvalue weighted by Gasteiger charge is 2.27. The summed E-state index contributed by atoms with van der Waals surface area (Å²) in [6.07, 6.45) is 6.35. The average molecular weight is 913 g/mol. The summed E-state index contributed by atoms with van der Waals surface area (Å²) in [7, 11) is 0. The minimum atomic E-state index is -0.202. The molecule has 69 heavy (non-hydrogen) atoms. The predicted molar refractivity (Wildman–Crippen MR) is 294 cm³/mol. The van der Waals surface area contributed by atoms with Gasteiger partial charge in [0.15, 0.2) is 0 Å². The largest absolute Gasteiger partial charge is 0.457 e. The predicted octanol–water partition coefficient (Wildman–Crippen LogP) is 17.7. The summed E-state index contributed by atoms with van der Waals surface area (Å²) in [5.41, 5.74) is 16.2. The molecule has 0 fully saturated rings. The van der Waals surface area contributed by atoms with E-state index in [4.69, 9.17) is 9.72 Å². The van der Waals surface area contributed by atoms with Crippen LogP contribution in [0.25, 0.3) is 38.8 Å². The average Bonchev–Trinajstić information content (AvgIpc) is 3.94. The highest BCUT2D eigenvalue weighted by atomic mass is 16.5. The van der Waals surface area contributed by atoms with Crippen LogP contribution < -0.4 is 14.5 Å². The lowest BCUT2D eigenvalue weighted by Crippen LogP contribution is -2.26. The van der Waals surface area contributed by atoms with Crippen LogP contribution >= 0.6 is 0 Å². The van der Waals surface area contributed by atoms with E-state index in [9.17, 15) is 0 Å². The summed E-state index contributed by atoms with van der Waals surface area (Å²) in [4.78, 5) is 9.78. The number of hydrogen-bond donors (Lipinski definition) is 0. The third-order valence-electron chi connectivity index (χ3n) is 14.4. The first kappa shape index (κ1) is 47.5. The van der Waals surface area contributed by atoms with Crippen molar-refractivity contribution in [3.05, 3.63) is 191 Å². The summed E-state index contributed by atoms with van der Waals surface area (Å²) in [5.74, 6) is 3.60. The molecule has 0 spiro atoms. The molecule has 3 heterocycles. The van der Waals surface area contributed by atoms with Gasteiger partial charge in [-0.1, -0.05) is 158 Å². The SMILES string of the molecule is CC(C)c1cc(C(C)C)c(-c2ccnc(-n3c4ccc(C(C)(C)c5ccccc5)cc4c4ccc(Oc5cccc(N6C=CN(c7cc(C(C)(C)C)cc(C(C)(C)C)c7)C6)c5)cc43)c2)c(C(C)C)c1. The van der Waals surface area contributed by atoms with Crippen molar-refractivity contribution in [3.8, 4) is 28.4 Å². The van der Waals surface area contributed by atoms with Crippen LogP contribution in [0.1, 0.15) is 154 Å². The molecule has 0 amide bonds. The van der Waals surface area contributed by atoms with Gasteiger partial charge in [-0.05, 0) is 139 Å². The van der Waals surface area contributed by atoms with Crippen LogP contribution in [0.15, 0.2) is 152 Å². The van der Waals surface area contributed by atoms with E-state index in [0.29, 0.717) is 24.4 Å². The van der Waals surface area contributed by atoms with Crippen LogP contribution in [0.2, 0.25) is 0 Å². The van der Waals surface area contributed by atoms with Crippen LogP contribution in [0, 0.1) is 0 Å². The molecule has 0 atom stereocenters. The lowest BCUT2D eigenvalue weighted by atomic mass is 9.78. The van der Waals surface area contributed by atoms with E-state index in [1.807, 2.05) is 6.20 Å². The number of anilines is 2. The molecule has 2 aromatic heterocycles. The molecule has 0 saturated carbocycles. The van der Waals surface area contributed by atoms with E-state index in [1.54, 1.807) is 0 Å². The van der Waals surface area contributed by atoms with Gasteiger partial charge in [0, 0.05) is 58.3 Å². The first-order valence-electron chi connectivity index (χ1n) is 25.1. The zero-order chi connectivity index (χ0) is 49.2. The molecule has 6 aromatic carbocycles. The molecular formula is C64H72N4O. The Morgan fingerprint density at radius 3 is 1.75 bits per heavy atom. The Balaban J connectivity index is 1.11. The van der Waals surface area contributed by atoms with Gasteiger partial charge in [-0.2, -0.15) is 0 Å². The van der Waals surface area contributed by atoms with E-state index in [-0.39, 0.29) is 16.2 Å². The maximum Gasteiger partial charge on any atom is 0.138 e. The van der Waals surface area contributed by atoms with Gasteiger partial charge >= 0.3 is 0 Å². The second-order valence-corrected chi connectivity index (χ2v) is 22.9. The van der Waals surface area contributed by atoms with Crippen molar-refractivity contribution >= 4 is 33.2 Å². The van der Waals surface area contributed by atoms with Crippen molar-refractivity contribution in [3.63, 3.8) is 0 Å². The Morgan fingerprint density at radius 2 is 1.13 bits per heavy atom. The molecule has 0 bridgehead atoms. The molecule has 0 N–H and O–H groups in total. The quantitative estimate of drug-likeness (QED) is 0.129. The normalized spacial score (nSPS) is 13.6. The third-order valence-corrected chi connectivity index (χ3v) is 14.4. The molecule has 9 rings (SSSR count). The third kappa shape index (κ3) is 9.33. The molecule has 5 nitrogen and oxygen atoms in total. The summed E-state index contributed by atoms with van der Waals surface area (Å²) in [5, 5.41) is 2.34. The molecule has 0 aliphatic carbocycles. The second-order valence-electron chi connectivity index (χ2n) is 22.9. The first-order valence-corrected chi connectivity index (χ1v) is 25.1. The number of ether oxygens (including phenoxy) is 1. The van der Waals surface area contributed by atoms with Crippen molar-refractivity contribution in [1.29, 1.82) is 0 Å². The monoisotopic (exact) mass is 913 g/mol. The topological polar surface area (TPSA) is 33.5 Å². The van der Waals surface area contributed by atoms with Gasteiger partial charge in [-0.15, -0.1) is 0 Å². The fourth-order valence-electron chi connectivity index (χ4n) is 9.97. The maximum absolute atomic E-state index is 6.84. The molecule has 0 unspecified atom stereocenters. The maximum atomic E-state index is 6.84. The number of nitrogens with zero attached hydrogens (tertiary/aromatic N) is 4. The van der Waals surface area contributed by atoms with Crippen LogP contribution in [-0.4, -0.2) is 16.2 Å². The summed E-state index contributed by atoms with van der Waals surface area (Å²) in [6, 6.07) is 49.3. The van der Waals surface area contributed by atoms with Gasteiger partial charge in [-0.25, -0.2) is 4.98 Å². The van der Waals surface area contributed by atoms with Gasteiger partial charge in [-0.3, -0.25) is 4.57 Å². The Bertz CT molecular complexity index is 3150. The Hall–Kier alpha value is -6.59. The lowest BCUT2D eigenvalue weighted by Gasteiger charge is -2.29. The molecular weight excluding hydrogens is 841 g/mol. The molecule has 1 aliphatic rings. The number of hydrogen-bond acceptors (Lipinski definition) is 4. The minimum absolute atomic E-state index is 0.0417. The Morgan fingerprint density at radius 1 is 0.493 bits per heavy atom. The fourth-order valence-corrected chi connectivity index (χ4v) is 9.97. The van der Waals surface area contributed by atoms with Crippen molar-refractivity contribution in [1.82, 2.24) is 9.55 Å². The van der Waals surface area contributed by atoms with E-state index >= 15 is 0 Å². The highest BCUT2D eigenvalue weighted by Crippen LogP contribution is 2.43. The molecule has 8 aromatic rings. The Labute approximate surface area is 412 Å². The van der Waals surface area contributed by atoms with Crippen molar-refractivity contribution in [2.75, 3.05) is 16.5 Å². The van der Waals surface area contributed by atoms with Crippen LogP contribution in [0.3, 0.4) is 0 Å². The summed E-state index contributed by atoms with van der Waals surface area (Å²) >= 11 is 0. The van der Waals surface area contributed by atoms with Gasteiger partial charge in [0.1, 0.15) is 17.3 Å². The summed E-state index contributed by atoms with van der Waals surface area (Å²) < 4.78 is 9.18. The van der Waals surface area contributed by atoms with E-state index in [2.05, 4.69) is 257 Å². The summed E-state index contributed by atoms with van der Waals surface area (Å²) in [6.45, 7) is 33.0. The fraction of sp³-hybridized carbons (Fsp3) is 0.328. The van der Waals surface area contributed by atoms with Crippen LogP contribution in [0.5, 0.6) is 11.5 Å². The van der Waals surface area contributed by atoms with Crippen LogP contribution in [-0.2, 0) is 16.2 Å². The van der Waals surface area contributed by atoms with Gasteiger partial charge in [0.25, 0.3) is 0 Å². The number of benzene rings is 6. The van der Waals surface area contributed by atoms with Gasteiger partial charge in [0.2, 0.25) is 0 Å². The number of pyridine rings is 1. The van der Waals surface area contributed by atoms with Crippen molar-refractivity contribution in [2.45, 2.75) is 131 Å². The molecule has 5 heteroatoms. The van der Waals surface area contributed by atoms with E-state index < -0.39 is 0 Å². The molecule has 0 saturated heterocycles. The number of fused-ring (bicyclic) bond motifs is 3. The van der Waals surface area contributed by atoms with Crippen molar-refractivity contribution in [2.24, 2.45) is 0 Å². The number of rotatable bonds is 11. The minimum Gasteiger partial charge on any atom is -0.457 e. The molecule has 1 aliphatic heterocycles. The standard InChI is InChI=1S/C64H72N4O/c1-41(2)45-31-55(42(3)4)61(56(32-45)43(5)6)44-27-28-65-60(33-44)68-58-26-23-47(64(13,14)46-19-16-15-17-20-46)37-57(58)54-25-24-53(39-59(54)68)69-52-22-18-21-50(38-52)66-29-30-67(40-66)51-35-48(62(7,8)9)34-49(36-51)63(10,11)12/h15-39,41-43H,40H2,1-14H3. The zero-order valence-corrected chi connectivity index (χ0v) is 43.6. The van der Waals surface area contributed by atoms with Crippen molar-refractivity contribution < 1.29 is 4.74 Å². The van der Waals surface area contributed by atoms with E-state index in [0.717, 1.165) is 39.4 Å². The highest BCUT2D eigenvalue weighted by molar-refractivity contribution is 6.10. The smallest absolute Gasteiger partial charge is 0.138 e. The second kappa shape index (κ2) is 18.1. The van der Waals surface area contributed by atoms with Gasteiger partial charge < -0.3 is 14.5 Å². The number of aromatic nitrogens is 2. The first-order chi connectivity index (χ1) is 32.7. The molecule has 354 valence electrons. The van der Waals surface area contributed by atoms with Gasteiger partial charge in [0.05, 0.1) is 17.7 Å².